The number of hydrogen-bond acceptors (Lipinski definition) is 2. The van der Waals surface area contributed by atoms with Gasteiger partial charge in [-0.3, -0.25) is 0 Å². The lowest BCUT2D eigenvalue weighted by molar-refractivity contribution is 0.0373. The van der Waals surface area contributed by atoms with Crippen molar-refractivity contribution in [2.75, 3.05) is 26.3 Å². The van der Waals surface area contributed by atoms with Crippen molar-refractivity contribution in [3.05, 3.63) is 0 Å². The number of rotatable bonds is 11. The molecule has 0 radical (unpaired) electrons. The lowest BCUT2D eigenvalue weighted by Gasteiger charge is -2.26. The third-order valence-electron chi connectivity index (χ3n) is 3.24. The molecule has 2 heteroatoms. The van der Waals surface area contributed by atoms with Crippen LogP contribution in [0, 0.1) is 11.3 Å². The van der Waals surface area contributed by atoms with Crippen LogP contribution in [0.25, 0.3) is 0 Å². The van der Waals surface area contributed by atoms with Gasteiger partial charge in [0.1, 0.15) is 0 Å². The third kappa shape index (κ3) is 9.61. The van der Waals surface area contributed by atoms with Crippen molar-refractivity contribution in [3.8, 4) is 0 Å². The zero-order chi connectivity index (χ0) is 13.1. The topological polar surface area (TPSA) is 21.3 Å². The van der Waals surface area contributed by atoms with E-state index in [-0.39, 0.29) is 5.41 Å². The Morgan fingerprint density at radius 1 is 1.18 bits per heavy atom. The van der Waals surface area contributed by atoms with Crippen LogP contribution in [0.1, 0.15) is 60.3 Å². The number of nitrogens with one attached hydrogen (secondary N) is 1. The minimum absolute atomic E-state index is 0.249. The summed E-state index contributed by atoms with van der Waals surface area (Å²) in [7, 11) is 0. The van der Waals surface area contributed by atoms with Crippen LogP contribution in [0.2, 0.25) is 0 Å². The highest BCUT2D eigenvalue weighted by Crippen LogP contribution is 2.17. The van der Waals surface area contributed by atoms with Crippen LogP contribution in [-0.2, 0) is 4.74 Å². The molecule has 0 amide bonds. The lowest BCUT2D eigenvalue weighted by atomic mass is 9.94. The Labute approximate surface area is 109 Å². The van der Waals surface area contributed by atoms with E-state index < -0.39 is 0 Å². The molecule has 0 aliphatic rings. The molecule has 104 valence electrons. The molecule has 2 nitrogen and oxygen atoms in total. The minimum atomic E-state index is 0.249. The molecule has 0 heterocycles. The van der Waals surface area contributed by atoms with Crippen molar-refractivity contribution in [2.45, 2.75) is 60.3 Å². The van der Waals surface area contributed by atoms with Crippen molar-refractivity contribution >= 4 is 0 Å². The van der Waals surface area contributed by atoms with E-state index in [4.69, 9.17) is 4.74 Å². The van der Waals surface area contributed by atoms with Crippen molar-refractivity contribution in [1.82, 2.24) is 5.32 Å². The maximum absolute atomic E-state index is 5.91. The Morgan fingerprint density at radius 3 is 2.41 bits per heavy atom. The van der Waals surface area contributed by atoms with E-state index in [2.05, 4.69) is 39.9 Å². The molecule has 1 N–H and O–H groups in total. The molecular formula is C15H33NO. The van der Waals surface area contributed by atoms with Gasteiger partial charge in [0.25, 0.3) is 0 Å². The third-order valence-corrected chi connectivity index (χ3v) is 3.24. The van der Waals surface area contributed by atoms with E-state index >= 15 is 0 Å². The van der Waals surface area contributed by atoms with Crippen LogP contribution in [0.4, 0.5) is 0 Å². The Morgan fingerprint density at radius 2 is 1.88 bits per heavy atom. The Bertz CT molecular complexity index is 168. The maximum Gasteiger partial charge on any atom is 0.0529 e. The molecule has 0 aliphatic carbocycles. The molecule has 0 saturated carbocycles. The molecular weight excluding hydrogens is 210 g/mol. The normalized spacial score (nSPS) is 13.9. The maximum atomic E-state index is 5.91. The summed E-state index contributed by atoms with van der Waals surface area (Å²) >= 11 is 0. The van der Waals surface area contributed by atoms with Gasteiger partial charge in [0.15, 0.2) is 0 Å². The fourth-order valence-electron chi connectivity index (χ4n) is 1.91. The molecule has 0 aromatic carbocycles. The summed E-state index contributed by atoms with van der Waals surface area (Å²) in [5, 5.41) is 3.39. The SMILES string of the molecule is CCCCC(CC)COCC(C)(C)CNCC. The first-order valence-corrected chi connectivity index (χ1v) is 7.34. The van der Waals surface area contributed by atoms with Crippen molar-refractivity contribution in [3.63, 3.8) is 0 Å². The summed E-state index contributed by atoms with van der Waals surface area (Å²) in [6.45, 7) is 15.1. The summed E-state index contributed by atoms with van der Waals surface area (Å²) < 4.78 is 5.91. The first kappa shape index (κ1) is 16.9. The number of ether oxygens (including phenoxy) is 1. The van der Waals surface area contributed by atoms with E-state index in [1.165, 1.54) is 25.7 Å². The summed E-state index contributed by atoms with van der Waals surface area (Å²) in [5.41, 5.74) is 0.249. The molecule has 0 bridgehead atoms. The Kier molecular flexibility index (Phi) is 9.85. The van der Waals surface area contributed by atoms with Gasteiger partial charge in [0, 0.05) is 18.6 Å². The molecule has 1 unspecified atom stereocenters. The molecule has 1 atom stereocenters. The quantitative estimate of drug-likeness (QED) is 0.595. The first-order chi connectivity index (χ1) is 8.05. The van der Waals surface area contributed by atoms with Crippen LogP contribution >= 0.6 is 0 Å². The summed E-state index contributed by atoms with van der Waals surface area (Å²) in [4.78, 5) is 0. The predicted molar refractivity (Wildman–Crippen MR) is 76.4 cm³/mol. The van der Waals surface area contributed by atoms with Gasteiger partial charge >= 0.3 is 0 Å². The minimum Gasteiger partial charge on any atom is -0.381 e. The van der Waals surface area contributed by atoms with Gasteiger partial charge in [-0.15, -0.1) is 0 Å². The van der Waals surface area contributed by atoms with E-state index in [0.29, 0.717) is 0 Å². The van der Waals surface area contributed by atoms with Gasteiger partial charge in [0.05, 0.1) is 6.61 Å². The average Bonchev–Trinajstić information content (AvgIpc) is 2.31. The van der Waals surface area contributed by atoms with Gasteiger partial charge < -0.3 is 10.1 Å². The number of unbranched alkanes of at least 4 members (excludes halogenated alkanes) is 1. The molecule has 0 aromatic rings. The van der Waals surface area contributed by atoms with Gasteiger partial charge in [0.2, 0.25) is 0 Å². The summed E-state index contributed by atoms with van der Waals surface area (Å²) in [6.07, 6.45) is 5.19. The second-order valence-corrected chi connectivity index (χ2v) is 5.88. The van der Waals surface area contributed by atoms with E-state index in [1.807, 2.05) is 0 Å². The molecule has 0 saturated heterocycles. The van der Waals surface area contributed by atoms with E-state index in [1.54, 1.807) is 0 Å². The largest absolute Gasteiger partial charge is 0.381 e. The van der Waals surface area contributed by atoms with Crippen LogP contribution in [0.3, 0.4) is 0 Å². The fraction of sp³-hybridized carbons (Fsp3) is 1.00. The second kappa shape index (κ2) is 9.90. The zero-order valence-corrected chi connectivity index (χ0v) is 12.6. The fourth-order valence-corrected chi connectivity index (χ4v) is 1.91. The van der Waals surface area contributed by atoms with Gasteiger partial charge in [-0.25, -0.2) is 0 Å². The summed E-state index contributed by atoms with van der Waals surface area (Å²) in [6, 6.07) is 0. The Hall–Kier alpha value is -0.0800. The zero-order valence-electron chi connectivity index (χ0n) is 12.6. The van der Waals surface area contributed by atoms with Crippen LogP contribution < -0.4 is 5.32 Å². The standard InChI is InChI=1S/C15H33NO/c1-6-9-10-14(7-2)11-17-13-15(4,5)12-16-8-3/h14,16H,6-13H2,1-5H3. The number of hydrogen-bond donors (Lipinski definition) is 1. The molecule has 17 heavy (non-hydrogen) atoms. The van der Waals surface area contributed by atoms with Crippen molar-refractivity contribution in [2.24, 2.45) is 11.3 Å². The Balaban J connectivity index is 3.70. The van der Waals surface area contributed by atoms with E-state index in [0.717, 1.165) is 32.2 Å². The average molecular weight is 243 g/mol. The van der Waals surface area contributed by atoms with E-state index in [9.17, 15) is 0 Å². The van der Waals surface area contributed by atoms with Crippen molar-refractivity contribution in [1.29, 1.82) is 0 Å². The van der Waals surface area contributed by atoms with Crippen molar-refractivity contribution < 1.29 is 4.74 Å². The molecule has 0 rings (SSSR count). The second-order valence-electron chi connectivity index (χ2n) is 5.88. The molecule has 0 fully saturated rings. The molecule has 0 aliphatic heterocycles. The predicted octanol–water partition coefficient (Wildman–Crippen LogP) is 3.86. The van der Waals surface area contributed by atoms with Gasteiger partial charge in [-0.2, -0.15) is 0 Å². The van der Waals surface area contributed by atoms with Crippen LogP contribution in [-0.4, -0.2) is 26.3 Å². The first-order valence-electron chi connectivity index (χ1n) is 7.34. The van der Waals surface area contributed by atoms with Gasteiger partial charge in [-0.1, -0.05) is 53.9 Å². The summed E-state index contributed by atoms with van der Waals surface area (Å²) in [5.74, 6) is 0.755. The lowest BCUT2D eigenvalue weighted by Crippen LogP contribution is -2.33. The van der Waals surface area contributed by atoms with Crippen LogP contribution in [0.5, 0.6) is 0 Å². The highest BCUT2D eigenvalue weighted by atomic mass is 16.5. The smallest absolute Gasteiger partial charge is 0.0529 e. The van der Waals surface area contributed by atoms with Crippen LogP contribution in [0.15, 0.2) is 0 Å². The highest BCUT2D eigenvalue weighted by molar-refractivity contribution is 4.70. The van der Waals surface area contributed by atoms with Gasteiger partial charge in [-0.05, 0) is 18.9 Å². The monoisotopic (exact) mass is 243 g/mol. The molecule has 0 spiro atoms. The molecule has 0 aromatic heterocycles. The highest BCUT2D eigenvalue weighted by Gasteiger charge is 2.18.